The van der Waals surface area contributed by atoms with Crippen LogP contribution in [0.15, 0.2) is 72.8 Å². The van der Waals surface area contributed by atoms with Crippen molar-refractivity contribution < 1.29 is 28.7 Å². The monoisotopic (exact) mass is 483 g/mol. The lowest BCUT2D eigenvalue weighted by Gasteiger charge is -2.27. The summed E-state index contributed by atoms with van der Waals surface area (Å²) in [6, 6.07) is 19.3. The third-order valence-corrected chi connectivity index (χ3v) is 6.18. The van der Waals surface area contributed by atoms with Gasteiger partial charge in [-0.05, 0) is 48.9 Å². The van der Waals surface area contributed by atoms with Crippen molar-refractivity contribution in [1.29, 1.82) is 0 Å². The lowest BCUT2D eigenvalue weighted by Crippen LogP contribution is -2.54. The summed E-state index contributed by atoms with van der Waals surface area (Å²) in [5.41, 5.74) is 1.44. The molecule has 9 nitrogen and oxygen atoms in total. The fourth-order valence-corrected chi connectivity index (χ4v) is 4.30. The molecule has 2 aliphatic heterocycles. The third kappa shape index (κ3) is 4.11. The Morgan fingerprint density at radius 3 is 2.36 bits per heavy atom. The molecular formula is C27H21N3O6. The summed E-state index contributed by atoms with van der Waals surface area (Å²) < 4.78 is 5.94. The Morgan fingerprint density at radius 2 is 1.61 bits per heavy atom. The van der Waals surface area contributed by atoms with Crippen LogP contribution in [0.2, 0.25) is 0 Å². The van der Waals surface area contributed by atoms with Crippen molar-refractivity contribution in [3.63, 3.8) is 0 Å². The largest absolute Gasteiger partial charge is 0.457 e. The van der Waals surface area contributed by atoms with Crippen molar-refractivity contribution in [2.45, 2.75) is 18.9 Å². The molecule has 2 aliphatic rings. The van der Waals surface area contributed by atoms with Crippen LogP contribution in [0.1, 0.15) is 43.9 Å². The SMILES string of the molecule is CN(C(=O)c1ccccc1)c1cccc(Oc2ccc3c(c2)C(=O)N(C2CCC(=O)NC2=O)C3=O)c1. The Bertz CT molecular complexity index is 1420. The fraction of sp³-hybridized carbons (Fsp3) is 0.148. The molecule has 0 bridgehead atoms. The molecule has 3 aromatic carbocycles. The van der Waals surface area contributed by atoms with Gasteiger partial charge in [-0.25, -0.2) is 0 Å². The lowest BCUT2D eigenvalue weighted by molar-refractivity contribution is -0.136. The smallest absolute Gasteiger partial charge is 0.262 e. The molecule has 1 fully saturated rings. The summed E-state index contributed by atoms with van der Waals surface area (Å²) in [4.78, 5) is 64.8. The Kier molecular flexibility index (Phi) is 5.81. The van der Waals surface area contributed by atoms with Gasteiger partial charge >= 0.3 is 0 Å². The van der Waals surface area contributed by atoms with E-state index < -0.39 is 29.7 Å². The van der Waals surface area contributed by atoms with Gasteiger partial charge in [0.2, 0.25) is 11.8 Å². The Balaban J connectivity index is 1.35. The number of fused-ring (bicyclic) bond motifs is 1. The third-order valence-electron chi connectivity index (χ3n) is 6.18. The Hall–Kier alpha value is -4.79. The van der Waals surface area contributed by atoms with Crippen molar-refractivity contribution in [2.75, 3.05) is 11.9 Å². The summed E-state index contributed by atoms with van der Waals surface area (Å²) >= 11 is 0. The summed E-state index contributed by atoms with van der Waals surface area (Å²) in [5.74, 6) is -1.72. The number of carbonyl (C=O) groups is 5. The highest BCUT2D eigenvalue weighted by molar-refractivity contribution is 6.23. The van der Waals surface area contributed by atoms with E-state index in [2.05, 4.69) is 5.32 Å². The van der Waals surface area contributed by atoms with E-state index in [-0.39, 0.29) is 29.9 Å². The predicted molar refractivity (Wildman–Crippen MR) is 129 cm³/mol. The minimum atomic E-state index is -1.03. The summed E-state index contributed by atoms with van der Waals surface area (Å²) in [7, 11) is 1.66. The maximum atomic E-state index is 13.0. The van der Waals surface area contributed by atoms with E-state index >= 15 is 0 Å². The molecule has 9 heteroatoms. The van der Waals surface area contributed by atoms with Crippen LogP contribution >= 0.6 is 0 Å². The molecule has 0 aliphatic carbocycles. The number of rotatable bonds is 5. The van der Waals surface area contributed by atoms with Gasteiger partial charge in [-0.1, -0.05) is 24.3 Å². The molecule has 3 aromatic rings. The molecular weight excluding hydrogens is 462 g/mol. The van der Waals surface area contributed by atoms with Gasteiger partial charge in [-0.15, -0.1) is 0 Å². The van der Waals surface area contributed by atoms with Gasteiger partial charge < -0.3 is 9.64 Å². The van der Waals surface area contributed by atoms with Gasteiger partial charge in [-0.2, -0.15) is 0 Å². The van der Waals surface area contributed by atoms with Crippen LogP contribution in [0.4, 0.5) is 5.69 Å². The van der Waals surface area contributed by atoms with E-state index in [1.807, 2.05) is 6.07 Å². The van der Waals surface area contributed by atoms with Crippen molar-refractivity contribution in [1.82, 2.24) is 10.2 Å². The van der Waals surface area contributed by atoms with Crippen molar-refractivity contribution in [2.24, 2.45) is 0 Å². The standard InChI is InChI=1S/C27H21N3O6/c1-29(25(33)16-6-3-2-4-7-16)17-8-5-9-18(14-17)36-19-10-11-20-21(15-19)27(35)30(26(20)34)22-12-13-23(31)28-24(22)32/h2-11,14-15,22H,12-13H2,1H3,(H,28,31,32). The summed E-state index contributed by atoms with van der Waals surface area (Å²) in [6.07, 6.45) is 0.136. The first-order valence-electron chi connectivity index (χ1n) is 11.3. The van der Waals surface area contributed by atoms with Crippen molar-refractivity contribution in [3.05, 3.63) is 89.5 Å². The molecule has 1 N–H and O–H groups in total. The average Bonchev–Trinajstić information content (AvgIpc) is 3.13. The number of carbonyl (C=O) groups excluding carboxylic acids is 5. The van der Waals surface area contributed by atoms with E-state index in [1.165, 1.54) is 17.0 Å². The highest BCUT2D eigenvalue weighted by Gasteiger charge is 2.44. The van der Waals surface area contributed by atoms with Crippen LogP contribution in [-0.2, 0) is 9.59 Å². The highest BCUT2D eigenvalue weighted by atomic mass is 16.5. The van der Waals surface area contributed by atoms with Crippen LogP contribution in [0.5, 0.6) is 11.5 Å². The highest BCUT2D eigenvalue weighted by Crippen LogP contribution is 2.33. The lowest BCUT2D eigenvalue weighted by atomic mass is 10.0. The van der Waals surface area contributed by atoms with Crippen LogP contribution < -0.4 is 15.0 Å². The van der Waals surface area contributed by atoms with Gasteiger partial charge in [0.1, 0.15) is 17.5 Å². The zero-order chi connectivity index (χ0) is 25.4. The zero-order valence-corrected chi connectivity index (χ0v) is 19.3. The zero-order valence-electron chi connectivity index (χ0n) is 19.3. The Morgan fingerprint density at radius 1 is 0.889 bits per heavy atom. The first-order chi connectivity index (χ1) is 17.3. The number of benzene rings is 3. The molecule has 5 rings (SSSR count). The van der Waals surface area contributed by atoms with E-state index in [1.54, 1.807) is 61.6 Å². The van der Waals surface area contributed by atoms with Crippen LogP contribution in [0, 0.1) is 0 Å². The van der Waals surface area contributed by atoms with Crippen molar-refractivity contribution in [3.8, 4) is 11.5 Å². The molecule has 180 valence electrons. The first kappa shape index (κ1) is 23.0. The number of piperidine rings is 1. The number of hydrogen-bond donors (Lipinski definition) is 1. The van der Waals surface area contributed by atoms with Gasteiger partial charge in [-0.3, -0.25) is 34.2 Å². The van der Waals surface area contributed by atoms with Gasteiger partial charge in [0, 0.05) is 30.8 Å². The number of nitrogens with zero attached hydrogens (tertiary/aromatic N) is 2. The molecule has 1 saturated heterocycles. The van der Waals surface area contributed by atoms with Gasteiger partial charge in [0.15, 0.2) is 0 Å². The van der Waals surface area contributed by atoms with E-state index in [4.69, 9.17) is 4.74 Å². The van der Waals surface area contributed by atoms with Crippen molar-refractivity contribution >= 4 is 35.2 Å². The molecule has 2 heterocycles. The topological polar surface area (TPSA) is 113 Å². The van der Waals surface area contributed by atoms with Gasteiger partial charge in [0.05, 0.1) is 11.1 Å². The van der Waals surface area contributed by atoms with E-state index in [0.717, 1.165) is 4.90 Å². The van der Waals surface area contributed by atoms with Crippen LogP contribution in [-0.4, -0.2) is 47.5 Å². The number of imide groups is 2. The molecule has 0 radical (unpaired) electrons. The molecule has 1 unspecified atom stereocenters. The fourth-order valence-electron chi connectivity index (χ4n) is 4.30. The first-order valence-corrected chi connectivity index (χ1v) is 11.3. The number of amides is 5. The summed E-state index contributed by atoms with van der Waals surface area (Å²) in [6.45, 7) is 0. The minimum Gasteiger partial charge on any atom is -0.457 e. The second-order valence-electron chi connectivity index (χ2n) is 8.48. The van der Waals surface area contributed by atoms with Gasteiger partial charge in [0.25, 0.3) is 17.7 Å². The summed E-state index contributed by atoms with van der Waals surface area (Å²) in [5, 5.41) is 2.17. The molecule has 0 saturated carbocycles. The van der Waals surface area contributed by atoms with E-state index in [9.17, 15) is 24.0 Å². The normalized spacial score (nSPS) is 17.0. The number of ether oxygens (including phenoxy) is 1. The minimum absolute atomic E-state index is 0.0513. The molecule has 1 atom stereocenters. The number of hydrogen-bond acceptors (Lipinski definition) is 6. The average molecular weight is 483 g/mol. The molecule has 36 heavy (non-hydrogen) atoms. The van der Waals surface area contributed by atoms with E-state index in [0.29, 0.717) is 22.7 Å². The molecule has 5 amide bonds. The number of nitrogens with one attached hydrogen (secondary N) is 1. The van der Waals surface area contributed by atoms with Crippen LogP contribution in [0.25, 0.3) is 0 Å². The molecule has 0 spiro atoms. The maximum absolute atomic E-state index is 13.0. The predicted octanol–water partition coefficient (Wildman–Crippen LogP) is 3.16. The Labute approximate surface area is 206 Å². The van der Waals surface area contributed by atoms with Crippen LogP contribution in [0.3, 0.4) is 0 Å². The molecule has 0 aromatic heterocycles. The second-order valence-corrected chi connectivity index (χ2v) is 8.48. The number of anilines is 1. The maximum Gasteiger partial charge on any atom is 0.262 e. The quantitative estimate of drug-likeness (QED) is 0.558. The second kappa shape index (κ2) is 9.10.